The number of carbonyl (C=O) groups excluding carboxylic acids is 1. The second-order valence-corrected chi connectivity index (χ2v) is 9.51. The minimum absolute atomic E-state index is 0.0530. The van der Waals surface area contributed by atoms with Gasteiger partial charge in [-0.15, -0.1) is 10.2 Å². The largest absolute Gasteiger partial charge is 0.348 e. The van der Waals surface area contributed by atoms with Gasteiger partial charge in [-0.3, -0.25) is 9.36 Å². The van der Waals surface area contributed by atoms with Crippen molar-refractivity contribution < 1.29 is 4.79 Å². The van der Waals surface area contributed by atoms with E-state index in [-0.39, 0.29) is 17.2 Å². The monoisotopic (exact) mass is 418 g/mol. The quantitative estimate of drug-likeness (QED) is 0.583. The van der Waals surface area contributed by atoms with Crippen LogP contribution in [0.25, 0.3) is 5.69 Å². The Morgan fingerprint density at radius 3 is 2.63 bits per heavy atom. The van der Waals surface area contributed by atoms with E-state index in [0.29, 0.717) is 5.92 Å². The van der Waals surface area contributed by atoms with Gasteiger partial charge in [-0.1, -0.05) is 54.2 Å². The molecular formula is C24H26N4OS. The lowest BCUT2D eigenvalue weighted by molar-refractivity contribution is -0.121. The van der Waals surface area contributed by atoms with Crippen LogP contribution in [-0.2, 0) is 11.2 Å². The number of amides is 1. The highest BCUT2D eigenvalue weighted by atomic mass is 32.2. The van der Waals surface area contributed by atoms with Crippen LogP contribution < -0.4 is 5.32 Å². The maximum atomic E-state index is 13.0. The van der Waals surface area contributed by atoms with Crippen molar-refractivity contribution in [2.45, 2.75) is 61.4 Å². The van der Waals surface area contributed by atoms with Crippen molar-refractivity contribution in [1.29, 1.82) is 0 Å². The van der Waals surface area contributed by atoms with Crippen LogP contribution in [0, 0.1) is 0 Å². The van der Waals surface area contributed by atoms with Gasteiger partial charge in [-0.25, -0.2) is 0 Å². The zero-order valence-corrected chi connectivity index (χ0v) is 17.9. The Kier molecular flexibility index (Phi) is 5.34. The summed E-state index contributed by atoms with van der Waals surface area (Å²) in [5, 5.41) is 12.7. The molecule has 1 aromatic heterocycles. The van der Waals surface area contributed by atoms with E-state index >= 15 is 0 Å². The Morgan fingerprint density at radius 1 is 1.07 bits per heavy atom. The molecule has 154 valence electrons. The number of fused-ring (bicyclic) bond motifs is 1. The number of nitrogens with one attached hydrogen (secondary N) is 1. The van der Waals surface area contributed by atoms with Crippen molar-refractivity contribution in [3.05, 3.63) is 71.5 Å². The molecule has 1 saturated carbocycles. The Labute approximate surface area is 181 Å². The van der Waals surface area contributed by atoms with Crippen LogP contribution >= 0.6 is 11.8 Å². The van der Waals surface area contributed by atoms with Gasteiger partial charge >= 0.3 is 0 Å². The van der Waals surface area contributed by atoms with Gasteiger partial charge in [0.25, 0.3) is 0 Å². The average Bonchev–Trinajstić information content (AvgIpc) is 3.55. The Bertz CT molecular complexity index is 1040. The Morgan fingerprint density at radius 2 is 1.83 bits per heavy atom. The maximum Gasteiger partial charge on any atom is 0.233 e. The molecule has 2 unspecified atom stereocenters. The summed E-state index contributed by atoms with van der Waals surface area (Å²) in [4.78, 5) is 13.0. The molecule has 0 saturated heterocycles. The van der Waals surface area contributed by atoms with Gasteiger partial charge in [0.15, 0.2) is 5.16 Å². The molecule has 1 heterocycles. The molecular weight excluding hydrogens is 392 g/mol. The number of aromatic nitrogens is 3. The Hall–Kier alpha value is -2.60. The van der Waals surface area contributed by atoms with Crippen molar-refractivity contribution in [1.82, 2.24) is 20.1 Å². The summed E-state index contributed by atoms with van der Waals surface area (Å²) in [6.45, 7) is 1.95. The zero-order valence-electron chi connectivity index (χ0n) is 17.1. The normalized spacial score (nSPS) is 19.2. The fourth-order valence-corrected chi connectivity index (χ4v) is 5.07. The molecule has 1 fully saturated rings. The summed E-state index contributed by atoms with van der Waals surface area (Å²) in [7, 11) is 0. The molecule has 0 bridgehead atoms. The number of para-hydroxylation sites is 1. The summed E-state index contributed by atoms with van der Waals surface area (Å²) in [5.41, 5.74) is 3.67. The van der Waals surface area contributed by atoms with Crippen LogP contribution in [0.5, 0.6) is 0 Å². The van der Waals surface area contributed by atoms with Crippen molar-refractivity contribution in [3.8, 4) is 5.69 Å². The summed E-state index contributed by atoms with van der Waals surface area (Å²) in [6.07, 6.45) is 5.51. The highest BCUT2D eigenvalue weighted by Crippen LogP contribution is 2.41. The summed E-state index contributed by atoms with van der Waals surface area (Å²) < 4.78 is 2.13. The molecule has 2 aromatic carbocycles. The molecule has 1 amide bonds. The topological polar surface area (TPSA) is 59.8 Å². The average molecular weight is 419 g/mol. The van der Waals surface area contributed by atoms with Crippen LogP contribution in [0.3, 0.4) is 0 Å². The third kappa shape index (κ3) is 3.88. The van der Waals surface area contributed by atoms with Crippen LogP contribution in [0.1, 0.15) is 61.5 Å². The number of rotatable bonds is 6. The van der Waals surface area contributed by atoms with Crippen molar-refractivity contribution >= 4 is 17.7 Å². The maximum absolute atomic E-state index is 13.0. The van der Waals surface area contributed by atoms with E-state index in [0.717, 1.165) is 48.8 Å². The third-order valence-corrected chi connectivity index (χ3v) is 7.00. The van der Waals surface area contributed by atoms with Gasteiger partial charge < -0.3 is 5.32 Å². The predicted octanol–water partition coefficient (Wildman–Crippen LogP) is 4.82. The number of hydrogen-bond donors (Lipinski definition) is 1. The fraction of sp³-hybridized carbons (Fsp3) is 0.375. The van der Waals surface area contributed by atoms with Crippen molar-refractivity contribution in [2.75, 3.05) is 0 Å². The molecule has 1 N–H and O–H groups in total. The molecule has 2 aliphatic rings. The molecule has 6 heteroatoms. The van der Waals surface area contributed by atoms with Gasteiger partial charge in [-0.2, -0.15) is 0 Å². The highest BCUT2D eigenvalue weighted by Gasteiger charge is 2.32. The van der Waals surface area contributed by atoms with E-state index in [1.807, 2.05) is 25.1 Å². The predicted molar refractivity (Wildman–Crippen MR) is 119 cm³/mol. The highest BCUT2D eigenvalue weighted by molar-refractivity contribution is 8.00. The van der Waals surface area contributed by atoms with Gasteiger partial charge in [0, 0.05) is 11.6 Å². The van der Waals surface area contributed by atoms with Crippen LogP contribution in [0.2, 0.25) is 0 Å². The van der Waals surface area contributed by atoms with E-state index in [1.54, 1.807) is 0 Å². The molecule has 5 rings (SSSR count). The lowest BCUT2D eigenvalue weighted by Gasteiger charge is -2.27. The first-order valence-corrected chi connectivity index (χ1v) is 11.6. The SMILES string of the molecule is CC(Sc1nnc(C2CC2)n1-c1ccccc1)C(=O)NC1CCCc2ccccc21. The van der Waals surface area contributed by atoms with Crippen molar-refractivity contribution in [2.24, 2.45) is 0 Å². The molecule has 3 aromatic rings. The number of hydrogen-bond acceptors (Lipinski definition) is 4. The Balaban J connectivity index is 1.34. The molecule has 30 heavy (non-hydrogen) atoms. The first-order chi connectivity index (χ1) is 14.7. The minimum atomic E-state index is -0.252. The molecule has 0 radical (unpaired) electrons. The smallest absolute Gasteiger partial charge is 0.233 e. The molecule has 2 atom stereocenters. The van der Waals surface area contributed by atoms with Crippen LogP contribution in [0.4, 0.5) is 0 Å². The molecule has 0 aliphatic heterocycles. The summed E-state index contributed by atoms with van der Waals surface area (Å²) in [5.74, 6) is 1.55. The second-order valence-electron chi connectivity index (χ2n) is 8.20. The molecule has 2 aliphatic carbocycles. The van der Waals surface area contributed by atoms with Crippen LogP contribution in [-0.4, -0.2) is 25.9 Å². The number of nitrogens with zero attached hydrogens (tertiary/aromatic N) is 3. The van der Waals surface area contributed by atoms with Crippen molar-refractivity contribution in [3.63, 3.8) is 0 Å². The third-order valence-electron chi connectivity index (χ3n) is 5.95. The standard InChI is InChI=1S/C24H26N4OS/c1-16(23(29)25-21-13-7-9-17-8-5-6-12-20(17)21)30-24-27-26-22(18-14-15-18)28(24)19-10-3-2-4-11-19/h2-6,8,10-12,16,18,21H,7,9,13-15H2,1H3,(H,25,29). The molecule has 5 nitrogen and oxygen atoms in total. The second kappa shape index (κ2) is 8.26. The lowest BCUT2D eigenvalue weighted by atomic mass is 9.88. The lowest BCUT2D eigenvalue weighted by Crippen LogP contribution is -2.36. The number of aryl methyl sites for hydroxylation is 1. The number of thioether (sulfide) groups is 1. The van der Waals surface area contributed by atoms with Gasteiger partial charge in [0.1, 0.15) is 5.82 Å². The van der Waals surface area contributed by atoms with Gasteiger partial charge in [0.05, 0.1) is 11.3 Å². The fourth-order valence-electron chi connectivity index (χ4n) is 4.19. The van der Waals surface area contributed by atoms with Crippen LogP contribution in [0.15, 0.2) is 59.8 Å². The minimum Gasteiger partial charge on any atom is -0.348 e. The first kappa shape index (κ1) is 19.4. The van der Waals surface area contributed by atoms with E-state index in [9.17, 15) is 4.79 Å². The summed E-state index contributed by atoms with van der Waals surface area (Å²) in [6, 6.07) is 18.8. The first-order valence-electron chi connectivity index (χ1n) is 10.8. The number of benzene rings is 2. The number of carbonyl (C=O) groups is 1. The zero-order chi connectivity index (χ0) is 20.5. The van der Waals surface area contributed by atoms with Gasteiger partial charge in [-0.05, 0) is 62.3 Å². The van der Waals surface area contributed by atoms with E-state index in [1.165, 1.54) is 22.9 Å². The van der Waals surface area contributed by atoms with Gasteiger partial charge in [0.2, 0.25) is 5.91 Å². The molecule has 0 spiro atoms. The van der Waals surface area contributed by atoms with E-state index in [2.05, 4.69) is 56.5 Å². The van der Waals surface area contributed by atoms with E-state index < -0.39 is 0 Å². The van der Waals surface area contributed by atoms with E-state index in [4.69, 9.17) is 0 Å². The summed E-state index contributed by atoms with van der Waals surface area (Å²) >= 11 is 1.49.